The van der Waals surface area contributed by atoms with E-state index >= 15 is 0 Å². The van der Waals surface area contributed by atoms with Gasteiger partial charge in [-0.15, -0.1) is 0 Å². The first-order valence-electron chi connectivity index (χ1n) is 6.16. The number of nitrogens with zero attached hydrogens (tertiary/aromatic N) is 1. The molecule has 0 bridgehead atoms. The van der Waals surface area contributed by atoms with Crippen LogP contribution in [0.15, 0.2) is 16.8 Å². The summed E-state index contributed by atoms with van der Waals surface area (Å²) in [4.78, 5) is 11.8. The Morgan fingerprint density at radius 1 is 1.47 bits per heavy atom. The highest BCUT2D eigenvalue weighted by molar-refractivity contribution is 7.08. The van der Waals surface area contributed by atoms with Gasteiger partial charge in [0, 0.05) is 23.8 Å². The molecular formula is C13H20NO2S+. The van der Waals surface area contributed by atoms with Crippen LogP contribution in [0.4, 0.5) is 0 Å². The normalized spacial score (nSPS) is 19.1. The third kappa shape index (κ3) is 3.63. The van der Waals surface area contributed by atoms with Crippen molar-refractivity contribution in [1.29, 1.82) is 0 Å². The van der Waals surface area contributed by atoms with Gasteiger partial charge in [0.1, 0.15) is 13.1 Å². The second kappa shape index (κ2) is 5.76. The number of hydrogen-bond acceptors (Lipinski definition) is 3. The van der Waals surface area contributed by atoms with Crippen LogP contribution in [-0.4, -0.2) is 50.2 Å². The first-order chi connectivity index (χ1) is 8.20. The zero-order valence-corrected chi connectivity index (χ0v) is 11.2. The number of ether oxygens (including phenoxy) is 1. The molecule has 1 fully saturated rings. The first kappa shape index (κ1) is 12.7. The number of carbonyl (C=O) groups excluding carboxylic acids is 1. The maximum atomic E-state index is 11.8. The molecule has 17 heavy (non-hydrogen) atoms. The van der Waals surface area contributed by atoms with Gasteiger partial charge in [0.25, 0.3) is 0 Å². The summed E-state index contributed by atoms with van der Waals surface area (Å²) < 4.78 is 6.42. The van der Waals surface area contributed by atoms with Crippen LogP contribution in [0.5, 0.6) is 0 Å². The van der Waals surface area contributed by atoms with E-state index in [4.69, 9.17) is 4.74 Å². The van der Waals surface area contributed by atoms with Crippen LogP contribution in [0.25, 0.3) is 0 Å². The van der Waals surface area contributed by atoms with Crippen molar-refractivity contribution in [1.82, 2.24) is 0 Å². The number of likely N-dealkylation sites (N-methyl/N-ethyl adjacent to an activating group) is 1. The maximum absolute atomic E-state index is 11.8. The number of morpholine rings is 1. The molecule has 1 aliphatic heterocycles. The molecule has 3 nitrogen and oxygen atoms in total. The van der Waals surface area contributed by atoms with E-state index in [0.717, 1.165) is 49.3 Å². The molecule has 0 amide bonds. The molecule has 0 aromatic carbocycles. The average molecular weight is 254 g/mol. The third-order valence-corrected chi connectivity index (χ3v) is 4.18. The Morgan fingerprint density at radius 2 is 2.24 bits per heavy atom. The summed E-state index contributed by atoms with van der Waals surface area (Å²) in [7, 11) is 2.26. The molecule has 1 aliphatic rings. The lowest BCUT2D eigenvalue weighted by Gasteiger charge is -2.37. The lowest BCUT2D eigenvalue weighted by Crippen LogP contribution is -2.52. The van der Waals surface area contributed by atoms with Crippen molar-refractivity contribution in [3.63, 3.8) is 0 Å². The predicted molar refractivity (Wildman–Crippen MR) is 69.5 cm³/mol. The molecule has 2 rings (SSSR count). The first-order valence-corrected chi connectivity index (χ1v) is 7.11. The van der Waals surface area contributed by atoms with E-state index < -0.39 is 0 Å². The number of rotatable bonds is 5. The van der Waals surface area contributed by atoms with Gasteiger partial charge in [-0.25, -0.2) is 0 Å². The molecular weight excluding hydrogens is 234 g/mol. The highest BCUT2D eigenvalue weighted by Crippen LogP contribution is 2.13. The molecule has 0 saturated carbocycles. The summed E-state index contributed by atoms with van der Waals surface area (Å²) in [6.07, 6.45) is 1.65. The van der Waals surface area contributed by atoms with Crippen molar-refractivity contribution in [3.05, 3.63) is 22.4 Å². The topological polar surface area (TPSA) is 26.3 Å². The quantitative estimate of drug-likeness (QED) is 0.595. The number of Topliss-reactive ketones (excluding diaryl/α,β-unsaturated/α-hetero) is 1. The van der Waals surface area contributed by atoms with Crippen molar-refractivity contribution >= 4 is 17.1 Å². The third-order valence-electron chi connectivity index (χ3n) is 3.50. The van der Waals surface area contributed by atoms with Gasteiger partial charge < -0.3 is 9.22 Å². The fraction of sp³-hybridized carbons (Fsp3) is 0.615. The van der Waals surface area contributed by atoms with Gasteiger partial charge in [-0.3, -0.25) is 4.79 Å². The van der Waals surface area contributed by atoms with Gasteiger partial charge in [0.15, 0.2) is 5.78 Å². The number of carbonyl (C=O) groups is 1. The molecule has 1 saturated heterocycles. The summed E-state index contributed by atoms with van der Waals surface area (Å²) in [5.74, 6) is 0.283. The fourth-order valence-electron chi connectivity index (χ4n) is 2.20. The molecule has 0 aliphatic carbocycles. The van der Waals surface area contributed by atoms with Crippen LogP contribution in [0.3, 0.4) is 0 Å². The Kier molecular flexibility index (Phi) is 4.31. The zero-order valence-electron chi connectivity index (χ0n) is 10.4. The Bertz CT molecular complexity index is 356. The zero-order chi connectivity index (χ0) is 12.1. The van der Waals surface area contributed by atoms with Crippen LogP contribution in [0.1, 0.15) is 23.2 Å². The molecule has 94 valence electrons. The Balaban J connectivity index is 1.74. The minimum absolute atomic E-state index is 0.283. The Morgan fingerprint density at radius 3 is 2.88 bits per heavy atom. The standard InChI is InChI=1S/C13H20NO2S/c1-14(6-8-16-9-7-14)5-2-3-13(15)12-4-10-17-11-12/h4,10-11H,2-3,5-9H2,1H3/q+1. The minimum atomic E-state index is 0.283. The smallest absolute Gasteiger partial charge is 0.163 e. The average Bonchev–Trinajstić information content (AvgIpc) is 2.83. The summed E-state index contributed by atoms with van der Waals surface area (Å²) in [5.41, 5.74) is 0.875. The van der Waals surface area contributed by atoms with E-state index in [0.29, 0.717) is 6.42 Å². The number of hydrogen-bond donors (Lipinski definition) is 0. The highest BCUT2D eigenvalue weighted by atomic mass is 32.1. The van der Waals surface area contributed by atoms with Gasteiger partial charge in [-0.05, 0) is 11.4 Å². The van der Waals surface area contributed by atoms with E-state index in [2.05, 4.69) is 7.05 Å². The lowest BCUT2D eigenvalue weighted by molar-refractivity contribution is -0.917. The van der Waals surface area contributed by atoms with Crippen LogP contribution in [0, 0.1) is 0 Å². The maximum Gasteiger partial charge on any atom is 0.163 e. The molecule has 0 N–H and O–H groups in total. The lowest BCUT2D eigenvalue weighted by atomic mass is 10.1. The van der Waals surface area contributed by atoms with Gasteiger partial charge in [0.2, 0.25) is 0 Å². The van der Waals surface area contributed by atoms with Gasteiger partial charge in [0.05, 0.1) is 26.8 Å². The molecule has 0 spiro atoms. The monoisotopic (exact) mass is 254 g/mol. The number of ketones is 1. The predicted octanol–water partition coefficient (Wildman–Crippen LogP) is 2.19. The van der Waals surface area contributed by atoms with Crippen molar-refractivity contribution in [2.24, 2.45) is 0 Å². The van der Waals surface area contributed by atoms with Crippen LogP contribution in [-0.2, 0) is 4.74 Å². The van der Waals surface area contributed by atoms with Crippen molar-refractivity contribution in [2.75, 3.05) is 39.9 Å². The summed E-state index contributed by atoms with van der Waals surface area (Å²) >= 11 is 1.59. The largest absolute Gasteiger partial charge is 0.370 e. The summed E-state index contributed by atoms with van der Waals surface area (Å²) in [6.45, 7) is 4.95. The highest BCUT2D eigenvalue weighted by Gasteiger charge is 2.24. The Hall–Kier alpha value is -0.710. The van der Waals surface area contributed by atoms with Crippen LogP contribution in [0.2, 0.25) is 0 Å². The fourth-order valence-corrected chi connectivity index (χ4v) is 2.86. The molecule has 2 heterocycles. The molecule has 1 aromatic rings. The Labute approximate surface area is 107 Å². The second-order valence-electron chi connectivity index (χ2n) is 4.94. The van der Waals surface area contributed by atoms with E-state index in [1.165, 1.54) is 0 Å². The van der Waals surface area contributed by atoms with Gasteiger partial charge in [-0.1, -0.05) is 0 Å². The molecule has 4 heteroatoms. The number of quaternary nitrogens is 1. The second-order valence-corrected chi connectivity index (χ2v) is 5.72. The van der Waals surface area contributed by atoms with Gasteiger partial charge in [-0.2, -0.15) is 11.3 Å². The SMILES string of the molecule is C[N+]1(CCCC(=O)c2ccsc2)CCOCC1. The minimum Gasteiger partial charge on any atom is -0.370 e. The van der Waals surface area contributed by atoms with Crippen molar-refractivity contribution in [3.8, 4) is 0 Å². The molecule has 0 unspecified atom stereocenters. The summed E-state index contributed by atoms with van der Waals surface area (Å²) in [5, 5.41) is 3.90. The van der Waals surface area contributed by atoms with Gasteiger partial charge >= 0.3 is 0 Å². The molecule has 1 aromatic heterocycles. The van der Waals surface area contributed by atoms with Crippen molar-refractivity contribution < 1.29 is 14.0 Å². The van der Waals surface area contributed by atoms with E-state index in [1.807, 2.05) is 16.8 Å². The van der Waals surface area contributed by atoms with E-state index in [9.17, 15) is 4.79 Å². The van der Waals surface area contributed by atoms with Crippen LogP contribution < -0.4 is 0 Å². The van der Waals surface area contributed by atoms with Crippen LogP contribution >= 0.6 is 11.3 Å². The molecule has 0 radical (unpaired) electrons. The van der Waals surface area contributed by atoms with E-state index in [1.54, 1.807) is 11.3 Å². The van der Waals surface area contributed by atoms with Crippen molar-refractivity contribution in [2.45, 2.75) is 12.8 Å². The summed E-state index contributed by atoms with van der Waals surface area (Å²) in [6, 6.07) is 1.91. The molecule has 0 atom stereocenters. The van der Waals surface area contributed by atoms with E-state index in [-0.39, 0.29) is 5.78 Å². The number of thiophene rings is 1.